The zero-order valence-corrected chi connectivity index (χ0v) is 14.8. The molecule has 0 aromatic heterocycles. The number of benzene rings is 2. The minimum Gasteiger partial charge on any atom is -0.484 e. The van der Waals surface area contributed by atoms with E-state index in [2.05, 4.69) is 5.32 Å². The molecule has 6 heteroatoms. The van der Waals surface area contributed by atoms with Crippen LogP contribution in [0, 0.1) is 0 Å². The Labute approximate surface area is 150 Å². The topological polar surface area (TPSA) is 38.3 Å². The first-order valence-electron chi connectivity index (χ1n) is 7.11. The number of halogens is 2. The van der Waals surface area contributed by atoms with Crippen molar-refractivity contribution < 1.29 is 9.53 Å². The number of carbonyl (C=O) groups excluding carboxylic acids is 1. The maximum absolute atomic E-state index is 11.7. The fourth-order valence-corrected chi connectivity index (χ4v) is 2.93. The summed E-state index contributed by atoms with van der Waals surface area (Å²) in [4.78, 5) is 11.7. The quantitative estimate of drug-likeness (QED) is 0.699. The van der Waals surface area contributed by atoms with Gasteiger partial charge in [-0.05, 0) is 29.8 Å². The van der Waals surface area contributed by atoms with E-state index in [9.17, 15) is 4.79 Å². The van der Waals surface area contributed by atoms with Crippen LogP contribution in [0.1, 0.15) is 5.56 Å². The molecule has 0 aliphatic heterocycles. The first-order chi connectivity index (χ1) is 11.1. The minimum atomic E-state index is -0.121. The highest BCUT2D eigenvalue weighted by Gasteiger charge is 2.03. The minimum absolute atomic E-state index is 0.0292. The molecule has 122 valence electrons. The summed E-state index contributed by atoms with van der Waals surface area (Å²) in [5.74, 6) is 2.21. The average Bonchev–Trinajstić information content (AvgIpc) is 2.57. The Bertz CT molecular complexity index is 638. The molecule has 2 rings (SSSR count). The fourth-order valence-electron chi connectivity index (χ4n) is 1.80. The molecule has 0 atom stereocenters. The predicted molar refractivity (Wildman–Crippen MR) is 97.6 cm³/mol. The van der Waals surface area contributed by atoms with Gasteiger partial charge in [0, 0.05) is 18.1 Å². The van der Waals surface area contributed by atoms with E-state index in [1.54, 1.807) is 17.8 Å². The molecule has 0 aliphatic carbocycles. The van der Waals surface area contributed by atoms with E-state index in [1.165, 1.54) is 0 Å². The van der Waals surface area contributed by atoms with Crippen molar-refractivity contribution in [2.75, 3.05) is 18.9 Å². The van der Waals surface area contributed by atoms with Crippen LogP contribution in [0.3, 0.4) is 0 Å². The zero-order chi connectivity index (χ0) is 16.5. The van der Waals surface area contributed by atoms with E-state index in [-0.39, 0.29) is 12.5 Å². The highest BCUT2D eigenvalue weighted by molar-refractivity contribution is 7.98. The Kier molecular flexibility index (Phi) is 7.59. The van der Waals surface area contributed by atoms with Gasteiger partial charge in [0.05, 0.1) is 10.0 Å². The summed E-state index contributed by atoms with van der Waals surface area (Å²) >= 11 is 13.6. The van der Waals surface area contributed by atoms with Crippen LogP contribution >= 0.6 is 35.0 Å². The van der Waals surface area contributed by atoms with Crippen molar-refractivity contribution in [3.63, 3.8) is 0 Å². The summed E-state index contributed by atoms with van der Waals surface area (Å²) in [6.07, 6.45) is 0. The van der Waals surface area contributed by atoms with Gasteiger partial charge in [-0.3, -0.25) is 4.79 Å². The van der Waals surface area contributed by atoms with Gasteiger partial charge in [-0.25, -0.2) is 0 Å². The third kappa shape index (κ3) is 6.73. The largest absolute Gasteiger partial charge is 0.484 e. The highest BCUT2D eigenvalue weighted by atomic mass is 35.5. The maximum atomic E-state index is 11.7. The van der Waals surface area contributed by atoms with Crippen molar-refractivity contribution in [1.82, 2.24) is 5.32 Å². The molecule has 3 nitrogen and oxygen atoms in total. The summed E-state index contributed by atoms with van der Waals surface area (Å²) in [6.45, 7) is 0.629. The number of ether oxygens (including phenoxy) is 1. The smallest absolute Gasteiger partial charge is 0.257 e. The number of amides is 1. The van der Waals surface area contributed by atoms with E-state index in [0.717, 1.165) is 17.1 Å². The van der Waals surface area contributed by atoms with Crippen LogP contribution in [-0.2, 0) is 10.5 Å². The third-order valence-corrected chi connectivity index (χ3v) is 4.70. The normalized spacial score (nSPS) is 10.3. The summed E-state index contributed by atoms with van der Waals surface area (Å²) in [7, 11) is 0. The molecule has 0 radical (unpaired) electrons. The molecule has 0 saturated carbocycles. The molecule has 0 bridgehead atoms. The summed E-state index contributed by atoms with van der Waals surface area (Å²) in [6, 6.07) is 14.9. The molecule has 0 unspecified atom stereocenters. The molecule has 1 N–H and O–H groups in total. The number of rotatable bonds is 8. The Hall–Kier alpha value is -1.36. The summed E-state index contributed by atoms with van der Waals surface area (Å²) < 4.78 is 5.37. The van der Waals surface area contributed by atoms with Crippen LogP contribution in [-0.4, -0.2) is 24.8 Å². The monoisotopic (exact) mass is 369 g/mol. The second-order valence-corrected chi connectivity index (χ2v) is 6.67. The van der Waals surface area contributed by atoms with Crippen LogP contribution in [0.4, 0.5) is 0 Å². The number of carbonyl (C=O) groups is 1. The second kappa shape index (κ2) is 9.71. The van der Waals surface area contributed by atoms with Gasteiger partial charge in [0.2, 0.25) is 0 Å². The molecule has 2 aromatic rings. The summed E-state index contributed by atoms with van der Waals surface area (Å²) in [5.41, 5.74) is 1.11. The van der Waals surface area contributed by atoms with Crippen LogP contribution in [0.25, 0.3) is 0 Å². The number of thioether (sulfide) groups is 1. The van der Waals surface area contributed by atoms with Crippen molar-refractivity contribution in [1.29, 1.82) is 0 Å². The van der Waals surface area contributed by atoms with Gasteiger partial charge in [0.25, 0.3) is 5.91 Å². The zero-order valence-electron chi connectivity index (χ0n) is 12.4. The summed E-state index contributed by atoms with van der Waals surface area (Å²) in [5, 5.41) is 3.95. The van der Waals surface area contributed by atoms with Gasteiger partial charge in [-0.15, -0.1) is 0 Å². The van der Waals surface area contributed by atoms with E-state index in [4.69, 9.17) is 27.9 Å². The van der Waals surface area contributed by atoms with Crippen LogP contribution in [0.15, 0.2) is 48.5 Å². The van der Waals surface area contributed by atoms with Crippen LogP contribution < -0.4 is 10.1 Å². The maximum Gasteiger partial charge on any atom is 0.257 e. The lowest BCUT2D eigenvalue weighted by Gasteiger charge is -2.07. The van der Waals surface area contributed by atoms with Crippen molar-refractivity contribution in [2.24, 2.45) is 0 Å². The van der Waals surface area contributed by atoms with Gasteiger partial charge >= 0.3 is 0 Å². The Morgan fingerprint density at radius 1 is 1.09 bits per heavy atom. The predicted octanol–water partition coefficient (Wildman–Crippen LogP) is 4.42. The van der Waals surface area contributed by atoms with Crippen molar-refractivity contribution in [2.45, 2.75) is 5.75 Å². The number of hydrogen-bond donors (Lipinski definition) is 1. The molecule has 23 heavy (non-hydrogen) atoms. The lowest BCUT2D eigenvalue weighted by atomic mass is 10.2. The first kappa shape index (κ1) is 18.0. The fraction of sp³-hybridized carbons (Fsp3) is 0.235. The molecule has 0 spiro atoms. The second-order valence-electron chi connectivity index (χ2n) is 4.75. The molecular weight excluding hydrogens is 353 g/mol. The van der Waals surface area contributed by atoms with E-state index < -0.39 is 0 Å². The van der Waals surface area contributed by atoms with E-state index in [0.29, 0.717) is 22.3 Å². The van der Waals surface area contributed by atoms with Crippen LogP contribution in [0.2, 0.25) is 10.0 Å². The van der Waals surface area contributed by atoms with Gasteiger partial charge in [-0.1, -0.05) is 47.5 Å². The first-order valence-corrected chi connectivity index (χ1v) is 9.02. The van der Waals surface area contributed by atoms with Gasteiger partial charge in [-0.2, -0.15) is 11.8 Å². The third-order valence-electron chi connectivity index (χ3n) is 2.93. The van der Waals surface area contributed by atoms with Crippen molar-refractivity contribution in [3.05, 3.63) is 64.1 Å². The molecule has 0 saturated heterocycles. The van der Waals surface area contributed by atoms with E-state index >= 15 is 0 Å². The van der Waals surface area contributed by atoms with E-state index in [1.807, 2.05) is 42.5 Å². The average molecular weight is 370 g/mol. The van der Waals surface area contributed by atoms with Crippen molar-refractivity contribution in [3.8, 4) is 5.75 Å². The van der Waals surface area contributed by atoms with Crippen molar-refractivity contribution >= 4 is 40.9 Å². The van der Waals surface area contributed by atoms with Gasteiger partial charge in [0.1, 0.15) is 5.75 Å². The number of nitrogens with one attached hydrogen (secondary N) is 1. The lowest BCUT2D eigenvalue weighted by Crippen LogP contribution is -2.30. The van der Waals surface area contributed by atoms with Crippen LogP contribution in [0.5, 0.6) is 5.75 Å². The number of para-hydroxylation sites is 1. The molecule has 0 fully saturated rings. The standard InChI is InChI=1S/C17H17Cl2NO2S/c18-15-7-6-13(10-16(15)19)12-23-9-8-20-17(21)11-22-14-4-2-1-3-5-14/h1-7,10H,8-9,11-12H2,(H,20,21). The SMILES string of the molecule is O=C(COc1ccccc1)NCCSCc1ccc(Cl)c(Cl)c1. The molecule has 0 aliphatic rings. The Morgan fingerprint density at radius 3 is 2.61 bits per heavy atom. The number of hydrogen-bond acceptors (Lipinski definition) is 3. The molecular formula is C17H17Cl2NO2S. The molecule has 2 aromatic carbocycles. The van der Waals surface area contributed by atoms with Gasteiger partial charge < -0.3 is 10.1 Å². The van der Waals surface area contributed by atoms with Gasteiger partial charge in [0.15, 0.2) is 6.61 Å². The molecule has 0 heterocycles. The Morgan fingerprint density at radius 2 is 1.87 bits per heavy atom. The molecule has 1 amide bonds. The lowest BCUT2D eigenvalue weighted by molar-refractivity contribution is -0.122. The highest BCUT2D eigenvalue weighted by Crippen LogP contribution is 2.24. The Balaban J connectivity index is 1.58.